The maximum atomic E-state index is 5.75. The van der Waals surface area contributed by atoms with E-state index in [0.29, 0.717) is 10.8 Å². The summed E-state index contributed by atoms with van der Waals surface area (Å²) in [5.41, 5.74) is 0.841. The molecule has 0 amide bonds. The van der Waals surface area contributed by atoms with E-state index in [1.807, 2.05) is 0 Å². The van der Waals surface area contributed by atoms with Crippen LogP contribution in [0.3, 0.4) is 0 Å². The van der Waals surface area contributed by atoms with Crippen molar-refractivity contribution in [2.24, 2.45) is 16.7 Å². The van der Waals surface area contributed by atoms with Crippen molar-refractivity contribution < 1.29 is 4.74 Å². The number of hydrogen-bond donors (Lipinski definition) is 1. The number of rotatable bonds is 8. The summed E-state index contributed by atoms with van der Waals surface area (Å²) in [5, 5.41) is 3.45. The van der Waals surface area contributed by atoms with Gasteiger partial charge in [-0.1, -0.05) is 41.5 Å². The smallest absolute Gasteiger partial charge is 0.0594 e. The molecule has 1 saturated heterocycles. The molecule has 22 heavy (non-hydrogen) atoms. The molecular formula is C19H40N2O. The number of likely N-dealkylation sites (tertiary alicyclic amines) is 1. The van der Waals surface area contributed by atoms with Crippen LogP contribution in [-0.2, 0) is 4.74 Å². The van der Waals surface area contributed by atoms with Gasteiger partial charge in [0.15, 0.2) is 0 Å². The van der Waals surface area contributed by atoms with E-state index < -0.39 is 0 Å². The molecule has 1 N–H and O–H groups in total. The molecule has 1 fully saturated rings. The molecule has 1 aliphatic heterocycles. The molecule has 3 heteroatoms. The van der Waals surface area contributed by atoms with Crippen LogP contribution in [-0.4, -0.2) is 50.8 Å². The highest BCUT2D eigenvalue weighted by Crippen LogP contribution is 2.30. The number of hydrogen-bond acceptors (Lipinski definition) is 3. The third-order valence-electron chi connectivity index (χ3n) is 4.24. The lowest BCUT2D eigenvalue weighted by Crippen LogP contribution is -2.37. The summed E-state index contributed by atoms with van der Waals surface area (Å²) in [6.45, 7) is 21.2. The Morgan fingerprint density at radius 1 is 0.955 bits per heavy atom. The minimum Gasteiger partial charge on any atom is -0.379 e. The van der Waals surface area contributed by atoms with Crippen LogP contribution in [0.5, 0.6) is 0 Å². The van der Waals surface area contributed by atoms with Crippen molar-refractivity contribution in [1.29, 1.82) is 0 Å². The van der Waals surface area contributed by atoms with E-state index in [2.05, 4.69) is 51.8 Å². The van der Waals surface area contributed by atoms with Gasteiger partial charge in [0.1, 0.15) is 0 Å². The van der Waals surface area contributed by atoms with Gasteiger partial charge in [0.05, 0.1) is 13.2 Å². The van der Waals surface area contributed by atoms with Gasteiger partial charge in [-0.3, -0.25) is 0 Å². The van der Waals surface area contributed by atoms with Gasteiger partial charge in [0.25, 0.3) is 0 Å². The highest BCUT2D eigenvalue weighted by atomic mass is 16.5. The van der Waals surface area contributed by atoms with Crippen LogP contribution in [0, 0.1) is 16.7 Å². The van der Waals surface area contributed by atoms with Crippen LogP contribution < -0.4 is 5.32 Å². The molecule has 0 atom stereocenters. The predicted molar refractivity (Wildman–Crippen MR) is 96.4 cm³/mol. The van der Waals surface area contributed by atoms with Crippen LogP contribution in [0.15, 0.2) is 0 Å². The van der Waals surface area contributed by atoms with Gasteiger partial charge in [-0.15, -0.1) is 0 Å². The first-order valence-electron chi connectivity index (χ1n) is 9.16. The molecule has 0 aliphatic carbocycles. The maximum Gasteiger partial charge on any atom is 0.0594 e. The Balaban J connectivity index is 1.97. The molecule has 0 unspecified atom stereocenters. The summed E-state index contributed by atoms with van der Waals surface area (Å²) >= 11 is 0. The molecule has 3 nitrogen and oxygen atoms in total. The van der Waals surface area contributed by atoms with Crippen molar-refractivity contribution in [1.82, 2.24) is 10.2 Å². The monoisotopic (exact) mass is 312 g/mol. The first kappa shape index (κ1) is 19.9. The second-order valence-corrected chi connectivity index (χ2v) is 9.40. The summed E-state index contributed by atoms with van der Waals surface area (Å²) in [5.74, 6) is 0.929. The fraction of sp³-hybridized carbons (Fsp3) is 1.00. The van der Waals surface area contributed by atoms with E-state index in [9.17, 15) is 0 Å². The Kier molecular flexibility index (Phi) is 8.37. The molecule has 0 aromatic rings. The Bertz CT molecular complexity index is 283. The lowest BCUT2D eigenvalue weighted by Gasteiger charge is -2.34. The van der Waals surface area contributed by atoms with Crippen molar-refractivity contribution in [3.8, 4) is 0 Å². The molecule has 132 valence electrons. The van der Waals surface area contributed by atoms with Crippen molar-refractivity contribution >= 4 is 0 Å². The van der Waals surface area contributed by atoms with E-state index in [4.69, 9.17) is 4.74 Å². The second-order valence-electron chi connectivity index (χ2n) is 9.40. The molecule has 0 aromatic carbocycles. The molecule has 1 rings (SSSR count). The zero-order valence-electron chi connectivity index (χ0n) is 16.0. The number of piperidine rings is 1. The van der Waals surface area contributed by atoms with E-state index in [1.165, 1.54) is 32.4 Å². The number of nitrogens with one attached hydrogen (secondary N) is 1. The summed E-state index contributed by atoms with van der Waals surface area (Å²) in [7, 11) is 0. The molecule has 0 bridgehead atoms. The highest BCUT2D eigenvalue weighted by molar-refractivity contribution is 4.76. The van der Waals surface area contributed by atoms with Crippen molar-refractivity contribution in [2.75, 3.05) is 45.9 Å². The van der Waals surface area contributed by atoms with Gasteiger partial charge >= 0.3 is 0 Å². The Morgan fingerprint density at radius 2 is 1.59 bits per heavy atom. The quantitative estimate of drug-likeness (QED) is 0.690. The third kappa shape index (κ3) is 10.6. The van der Waals surface area contributed by atoms with Crippen LogP contribution in [0.4, 0.5) is 0 Å². The Labute approximate surface area is 139 Å². The first-order chi connectivity index (χ1) is 10.2. The fourth-order valence-corrected chi connectivity index (χ4v) is 3.18. The molecule has 1 aliphatic rings. The normalized spacial score (nSPS) is 18.8. The zero-order chi connectivity index (χ0) is 16.6. The topological polar surface area (TPSA) is 24.5 Å². The summed E-state index contributed by atoms with van der Waals surface area (Å²) in [6, 6.07) is 0. The Hall–Kier alpha value is -0.120. The SMILES string of the molecule is CC(C)(C)CNCCOCCN1CCC(CC(C)(C)C)CC1. The summed E-state index contributed by atoms with van der Waals surface area (Å²) in [4.78, 5) is 2.57. The maximum absolute atomic E-state index is 5.75. The van der Waals surface area contributed by atoms with E-state index in [-0.39, 0.29) is 0 Å². The minimum absolute atomic E-state index is 0.359. The van der Waals surface area contributed by atoms with E-state index in [0.717, 1.165) is 38.8 Å². The van der Waals surface area contributed by atoms with Crippen molar-refractivity contribution in [3.63, 3.8) is 0 Å². The lowest BCUT2D eigenvalue weighted by atomic mass is 9.80. The molecular weight excluding hydrogens is 272 g/mol. The van der Waals surface area contributed by atoms with E-state index in [1.54, 1.807) is 0 Å². The highest BCUT2D eigenvalue weighted by Gasteiger charge is 2.23. The largest absolute Gasteiger partial charge is 0.379 e. The number of nitrogens with zero attached hydrogens (tertiary/aromatic N) is 1. The van der Waals surface area contributed by atoms with Crippen LogP contribution >= 0.6 is 0 Å². The molecule has 0 spiro atoms. The Morgan fingerprint density at radius 3 is 2.14 bits per heavy atom. The fourth-order valence-electron chi connectivity index (χ4n) is 3.18. The van der Waals surface area contributed by atoms with Gasteiger partial charge in [-0.2, -0.15) is 0 Å². The average Bonchev–Trinajstić information content (AvgIpc) is 2.36. The predicted octanol–water partition coefficient (Wildman–Crippen LogP) is 3.79. The standard InChI is InChI=1S/C19H40N2O/c1-18(2,3)15-17-7-10-21(11-8-17)12-14-22-13-9-20-16-19(4,5)6/h17,20H,7-16H2,1-6H3. The van der Waals surface area contributed by atoms with Crippen LogP contribution in [0.1, 0.15) is 60.8 Å². The van der Waals surface area contributed by atoms with Gasteiger partial charge in [0, 0.05) is 19.6 Å². The van der Waals surface area contributed by atoms with Crippen LogP contribution in [0.2, 0.25) is 0 Å². The van der Waals surface area contributed by atoms with Crippen molar-refractivity contribution in [2.45, 2.75) is 60.8 Å². The minimum atomic E-state index is 0.359. The van der Waals surface area contributed by atoms with Gasteiger partial charge < -0.3 is 15.0 Å². The molecule has 0 radical (unpaired) electrons. The zero-order valence-corrected chi connectivity index (χ0v) is 16.0. The summed E-state index contributed by atoms with van der Waals surface area (Å²) < 4.78 is 5.75. The van der Waals surface area contributed by atoms with Crippen LogP contribution in [0.25, 0.3) is 0 Å². The van der Waals surface area contributed by atoms with Gasteiger partial charge in [-0.25, -0.2) is 0 Å². The van der Waals surface area contributed by atoms with Gasteiger partial charge in [-0.05, 0) is 49.1 Å². The summed E-state index contributed by atoms with van der Waals surface area (Å²) in [6.07, 6.45) is 4.10. The van der Waals surface area contributed by atoms with E-state index >= 15 is 0 Å². The lowest BCUT2D eigenvalue weighted by molar-refractivity contribution is 0.0833. The molecule has 0 aromatic heterocycles. The van der Waals surface area contributed by atoms with Gasteiger partial charge in [0.2, 0.25) is 0 Å². The first-order valence-corrected chi connectivity index (χ1v) is 9.16. The average molecular weight is 313 g/mol. The molecule has 1 heterocycles. The second kappa shape index (κ2) is 9.24. The van der Waals surface area contributed by atoms with Crippen molar-refractivity contribution in [3.05, 3.63) is 0 Å². The number of ether oxygens (including phenoxy) is 1. The molecule has 0 saturated carbocycles. The third-order valence-corrected chi connectivity index (χ3v) is 4.24.